The van der Waals surface area contributed by atoms with Crippen molar-refractivity contribution in [2.45, 2.75) is 82.8 Å². The van der Waals surface area contributed by atoms with Gasteiger partial charge in [0.2, 0.25) is 0 Å². The fraction of sp³-hybridized carbons (Fsp3) is 0.500. The topological polar surface area (TPSA) is 112 Å². The van der Waals surface area contributed by atoms with Crippen LogP contribution in [0.4, 0.5) is 0 Å². The molecule has 8 nitrogen and oxygen atoms in total. The highest BCUT2D eigenvalue weighted by Gasteiger charge is 2.31. The van der Waals surface area contributed by atoms with Crippen LogP contribution >= 0.6 is 0 Å². The highest BCUT2D eigenvalue weighted by atomic mass is 16.6. The lowest BCUT2D eigenvalue weighted by Gasteiger charge is -2.27. The average Bonchev–Trinajstić information content (AvgIpc) is 3.46. The Balaban J connectivity index is 1.74. The molecule has 0 bridgehead atoms. The number of hydrogen-bond donors (Lipinski definition) is 2. The molecule has 2 aliphatic rings. The minimum atomic E-state index is -0.537. The summed E-state index contributed by atoms with van der Waals surface area (Å²) in [5, 5.41) is 20.6. The van der Waals surface area contributed by atoms with E-state index in [1.165, 1.54) is 21.1 Å². The second-order valence-electron chi connectivity index (χ2n) is 10.6. The van der Waals surface area contributed by atoms with Crippen LogP contribution < -0.4 is 9.47 Å². The number of esters is 2. The quantitative estimate of drug-likeness (QED) is 0.373. The van der Waals surface area contributed by atoms with E-state index >= 15 is 0 Å². The molecule has 2 N–H and O–H groups in total. The Morgan fingerprint density at radius 3 is 2.27 bits per heavy atom. The molecule has 2 aliphatic carbocycles. The molecule has 214 valence electrons. The second-order valence-corrected chi connectivity index (χ2v) is 10.6. The molecule has 0 saturated heterocycles. The lowest BCUT2D eigenvalue weighted by atomic mass is 9.88. The van der Waals surface area contributed by atoms with Crippen molar-refractivity contribution in [1.82, 2.24) is 0 Å². The smallest absolute Gasteiger partial charge is 0.309 e. The number of carbonyl (C=O) groups is 2. The van der Waals surface area contributed by atoms with Gasteiger partial charge in [-0.1, -0.05) is 30.7 Å². The van der Waals surface area contributed by atoms with Crippen molar-refractivity contribution in [3.63, 3.8) is 0 Å². The third-order valence-electron chi connectivity index (χ3n) is 7.73. The maximum Gasteiger partial charge on any atom is 0.309 e. The number of phenols is 2. The number of rotatable bonds is 6. The van der Waals surface area contributed by atoms with Gasteiger partial charge in [0, 0.05) is 32.1 Å². The normalized spacial score (nSPS) is 21.5. The second kappa shape index (κ2) is 13.5. The highest BCUT2D eigenvalue weighted by Crippen LogP contribution is 2.35. The summed E-state index contributed by atoms with van der Waals surface area (Å²) in [7, 11) is 2.98. The van der Waals surface area contributed by atoms with E-state index in [4.69, 9.17) is 18.9 Å². The van der Waals surface area contributed by atoms with Crippen LogP contribution in [0.1, 0.15) is 74.5 Å². The van der Waals surface area contributed by atoms with Gasteiger partial charge >= 0.3 is 11.9 Å². The minimum Gasteiger partial charge on any atom is -0.504 e. The molecule has 40 heavy (non-hydrogen) atoms. The maximum atomic E-state index is 13.1. The van der Waals surface area contributed by atoms with Crippen LogP contribution in [0.25, 0.3) is 0 Å². The van der Waals surface area contributed by atoms with E-state index in [9.17, 15) is 19.8 Å². The van der Waals surface area contributed by atoms with Crippen molar-refractivity contribution in [2.24, 2.45) is 5.92 Å². The summed E-state index contributed by atoms with van der Waals surface area (Å²) in [6.07, 6.45) is 4.80. The van der Waals surface area contributed by atoms with Crippen molar-refractivity contribution in [3.05, 3.63) is 47.0 Å². The van der Waals surface area contributed by atoms with Gasteiger partial charge < -0.3 is 29.2 Å². The summed E-state index contributed by atoms with van der Waals surface area (Å²) >= 11 is 0. The summed E-state index contributed by atoms with van der Waals surface area (Å²) in [5.74, 6) is 6.26. The van der Waals surface area contributed by atoms with Crippen molar-refractivity contribution in [2.75, 3.05) is 14.2 Å². The van der Waals surface area contributed by atoms with Crippen LogP contribution in [0.15, 0.2) is 30.3 Å². The Labute approximate surface area is 235 Å². The molecule has 3 unspecified atom stereocenters. The van der Waals surface area contributed by atoms with Crippen LogP contribution in [0.2, 0.25) is 0 Å². The summed E-state index contributed by atoms with van der Waals surface area (Å²) < 4.78 is 22.5. The first-order valence-corrected chi connectivity index (χ1v) is 13.9. The molecule has 8 heteroatoms. The summed E-state index contributed by atoms with van der Waals surface area (Å²) in [6.45, 7) is 1.38. The van der Waals surface area contributed by atoms with E-state index in [0.29, 0.717) is 43.6 Å². The lowest BCUT2D eigenvalue weighted by Crippen LogP contribution is -2.30. The Kier molecular flexibility index (Phi) is 9.81. The largest absolute Gasteiger partial charge is 0.504 e. The Morgan fingerprint density at radius 1 is 0.850 bits per heavy atom. The predicted octanol–water partition coefficient (Wildman–Crippen LogP) is 5.20. The van der Waals surface area contributed by atoms with Gasteiger partial charge in [-0.3, -0.25) is 9.59 Å². The fourth-order valence-electron chi connectivity index (χ4n) is 5.62. The zero-order valence-electron chi connectivity index (χ0n) is 23.4. The molecule has 2 aromatic rings. The van der Waals surface area contributed by atoms with Gasteiger partial charge in [0.1, 0.15) is 12.2 Å². The van der Waals surface area contributed by atoms with Gasteiger partial charge in [0.25, 0.3) is 0 Å². The summed E-state index contributed by atoms with van der Waals surface area (Å²) in [6, 6.07) is 8.55. The van der Waals surface area contributed by atoms with Gasteiger partial charge in [-0.15, -0.1) is 0 Å². The highest BCUT2D eigenvalue weighted by molar-refractivity contribution is 5.73. The molecule has 2 aromatic carbocycles. The lowest BCUT2D eigenvalue weighted by molar-refractivity contribution is -0.158. The van der Waals surface area contributed by atoms with Crippen molar-refractivity contribution >= 4 is 11.9 Å². The molecule has 0 spiro atoms. The number of carbonyl (C=O) groups excluding carboxylic acids is 2. The minimum absolute atomic E-state index is 0.0184. The van der Waals surface area contributed by atoms with Crippen LogP contribution in [-0.2, 0) is 31.9 Å². The number of aromatic hydroxyl groups is 2. The molecule has 3 atom stereocenters. The van der Waals surface area contributed by atoms with Gasteiger partial charge in [-0.2, -0.15) is 0 Å². The SMILES string of the molecule is COc1cc(C2C#CCc3cc(O)c(OC)cc3CCC(OC(C)=O)CC(OC(=O)C3CCCC3)C2)ccc1O. The first-order valence-electron chi connectivity index (χ1n) is 13.9. The molecular formula is C32H38O8. The van der Waals surface area contributed by atoms with Crippen LogP contribution in [0.3, 0.4) is 0 Å². The fourth-order valence-corrected chi connectivity index (χ4v) is 5.62. The zero-order chi connectivity index (χ0) is 28.6. The van der Waals surface area contributed by atoms with Crippen molar-refractivity contribution in [3.8, 4) is 34.8 Å². The molecule has 1 fully saturated rings. The third-order valence-corrected chi connectivity index (χ3v) is 7.73. The number of methoxy groups -OCH3 is 2. The number of fused-ring (bicyclic) bond motifs is 1. The third kappa shape index (κ3) is 7.41. The predicted molar refractivity (Wildman–Crippen MR) is 148 cm³/mol. The van der Waals surface area contributed by atoms with Gasteiger partial charge in [-0.25, -0.2) is 0 Å². The van der Waals surface area contributed by atoms with E-state index in [1.54, 1.807) is 30.3 Å². The molecule has 1 saturated carbocycles. The molecule has 0 radical (unpaired) electrons. The number of hydrogen-bond acceptors (Lipinski definition) is 8. The van der Waals surface area contributed by atoms with E-state index in [-0.39, 0.29) is 29.3 Å². The number of aryl methyl sites for hydroxylation is 1. The molecule has 0 amide bonds. The zero-order valence-corrected chi connectivity index (χ0v) is 23.4. The standard InChI is InChI=1S/C32H38O8/c1-20(33)39-26-13-11-24-18-31(38-3)29(35)16-23(24)10-6-9-22(25-12-14-28(34)30(17-25)37-2)15-27(19-26)40-32(36)21-7-4-5-8-21/h12,14,16-18,21-22,26-27,34-35H,4-5,7-8,10-11,13,15,19H2,1-3H3. The molecule has 0 aromatic heterocycles. The van der Waals surface area contributed by atoms with Crippen molar-refractivity contribution < 1.29 is 38.7 Å². The van der Waals surface area contributed by atoms with E-state index in [2.05, 4.69) is 11.8 Å². The van der Waals surface area contributed by atoms with Crippen LogP contribution in [0, 0.1) is 17.8 Å². The van der Waals surface area contributed by atoms with Gasteiger partial charge in [0.15, 0.2) is 23.0 Å². The number of phenolic OH excluding ortho intramolecular Hbond substituents is 2. The van der Waals surface area contributed by atoms with E-state index in [1.807, 2.05) is 0 Å². The molecule has 0 heterocycles. The van der Waals surface area contributed by atoms with Crippen molar-refractivity contribution in [1.29, 1.82) is 0 Å². The molecule has 0 aliphatic heterocycles. The van der Waals surface area contributed by atoms with E-state index < -0.39 is 18.2 Å². The van der Waals surface area contributed by atoms with Gasteiger partial charge in [0.05, 0.1) is 20.1 Å². The summed E-state index contributed by atoms with van der Waals surface area (Å²) in [4.78, 5) is 25.2. The average molecular weight is 551 g/mol. The summed E-state index contributed by atoms with van der Waals surface area (Å²) in [5.41, 5.74) is 2.60. The van der Waals surface area contributed by atoms with Crippen LogP contribution in [-0.4, -0.2) is 48.6 Å². The Bertz CT molecular complexity index is 1270. The maximum absolute atomic E-state index is 13.1. The Hall–Kier alpha value is -3.86. The van der Waals surface area contributed by atoms with Gasteiger partial charge in [-0.05, 0) is 66.6 Å². The first-order chi connectivity index (χ1) is 19.3. The number of ether oxygens (including phenoxy) is 4. The Morgan fingerprint density at radius 2 is 1.57 bits per heavy atom. The monoisotopic (exact) mass is 550 g/mol. The van der Waals surface area contributed by atoms with Crippen LogP contribution in [0.5, 0.6) is 23.0 Å². The number of benzene rings is 2. The first kappa shape index (κ1) is 29.1. The molecule has 4 rings (SSSR count). The van der Waals surface area contributed by atoms with E-state index in [0.717, 1.165) is 42.4 Å². The molecular weight excluding hydrogens is 512 g/mol.